The summed E-state index contributed by atoms with van der Waals surface area (Å²) in [5.41, 5.74) is 0.568. The molecular formula is C11H10N2O3. The summed E-state index contributed by atoms with van der Waals surface area (Å²) in [5.74, 6) is -0.263. The van der Waals surface area contributed by atoms with E-state index in [-0.39, 0.29) is 22.6 Å². The Hall–Kier alpha value is -2.22. The lowest BCUT2D eigenvalue weighted by atomic mass is 9.96. The molecule has 0 spiro atoms. The van der Waals surface area contributed by atoms with E-state index in [1.165, 1.54) is 19.1 Å². The quantitative estimate of drug-likeness (QED) is 0.442. The van der Waals surface area contributed by atoms with Gasteiger partial charge >= 0.3 is 0 Å². The molecule has 1 aromatic rings. The first-order valence-corrected chi connectivity index (χ1v) is 4.74. The number of carbonyl (C=O) groups excluding carboxylic acids is 1. The molecule has 0 heterocycles. The number of hydrogen-bond acceptors (Lipinski definition) is 4. The molecule has 0 unspecified atom stereocenters. The fraction of sp³-hybridized carbons (Fsp3) is 0.273. The van der Waals surface area contributed by atoms with Crippen LogP contribution >= 0.6 is 0 Å². The second kappa shape index (κ2) is 4.53. The van der Waals surface area contributed by atoms with Gasteiger partial charge in [0.15, 0.2) is 5.78 Å². The summed E-state index contributed by atoms with van der Waals surface area (Å²) >= 11 is 0. The standard InChI is InChI=1S/C11H10N2O3/c1-3-8-10(6-12)9(7(2)14)4-5-11(8)13(15)16/h4-5H,3H2,1-2H3. The average molecular weight is 218 g/mol. The van der Waals surface area contributed by atoms with Crippen molar-refractivity contribution in [2.24, 2.45) is 0 Å². The third-order valence-corrected chi connectivity index (χ3v) is 2.33. The minimum Gasteiger partial charge on any atom is -0.294 e. The molecule has 0 radical (unpaired) electrons. The summed E-state index contributed by atoms with van der Waals surface area (Å²) in [6, 6.07) is 4.47. The van der Waals surface area contributed by atoms with Crippen LogP contribution in [0.25, 0.3) is 0 Å². The van der Waals surface area contributed by atoms with Crippen LogP contribution in [-0.2, 0) is 6.42 Å². The lowest BCUT2D eigenvalue weighted by molar-refractivity contribution is -0.385. The summed E-state index contributed by atoms with van der Waals surface area (Å²) in [7, 11) is 0. The van der Waals surface area contributed by atoms with E-state index in [0.717, 1.165) is 0 Å². The molecule has 0 aromatic heterocycles. The molecule has 1 aromatic carbocycles. The van der Waals surface area contributed by atoms with E-state index < -0.39 is 4.92 Å². The van der Waals surface area contributed by atoms with Crippen molar-refractivity contribution in [3.8, 4) is 6.07 Å². The van der Waals surface area contributed by atoms with Crippen molar-refractivity contribution >= 4 is 11.5 Å². The molecule has 1 rings (SSSR count). The van der Waals surface area contributed by atoms with Crippen LogP contribution < -0.4 is 0 Å². The molecule has 0 atom stereocenters. The zero-order chi connectivity index (χ0) is 12.3. The molecule has 0 fully saturated rings. The lowest BCUT2D eigenvalue weighted by Gasteiger charge is -2.05. The van der Waals surface area contributed by atoms with Crippen LogP contribution in [0.3, 0.4) is 0 Å². The van der Waals surface area contributed by atoms with Crippen LogP contribution in [0.1, 0.15) is 35.3 Å². The molecule has 0 saturated heterocycles. The van der Waals surface area contributed by atoms with E-state index in [0.29, 0.717) is 12.0 Å². The number of nitro groups is 1. The van der Waals surface area contributed by atoms with Gasteiger partial charge in [-0.1, -0.05) is 6.92 Å². The van der Waals surface area contributed by atoms with Crippen LogP contribution in [0.15, 0.2) is 12.1 Å². The SMILES string of the molecule is CCc1c([N+](=O)[O-])ccc(C(C)=O)c1C#N. The highest BCUT2D eigenvalue weighted by Gasteiger charge is 2.20. The Labute approximate surface area is 92.5 Å². The summed E-state index contributed by atoms with van der Waals surface area (Å²) < 4.78 is 0. The van der Waals surface area contributed by atoms with Crippen LogP contribution in [0.5, 0.6) is 0 Å². The summed E-state index contributed by atoms with van der Waals surface area (Å²) in [5, 5.41) is 19.7. The zero-order valence-corrected chi connectivity index (χ0v) is 8.98. The number of carbonyl (C=O) groups is 1. The molecule has 0 bridgehead atoms. The largest absolute Gasteiger partial charge is 0.294 e. The summed E-state index contributed by atoms with van der Waals surface area (Å²) in [6.07, 6.45) is 0.348. The third-order valence-electron chi connectivity index (χ3n) is 2.33. The lowest BCUT2D eigenvalue weighted by Crippen LogP contribution is -2.04. The normalized spacial score (nSPS) is 9.56. The molecule has 5 nitrogen and oxygen atoms in total. The Morgan fingerprint density at radius 3 is 2.56 bits per heavy atom. The Morgan fingerprint density at radius 1 is 1.56 bits per heavy atom. The number of ketones is 1. The average Bonchev–Trinajstić information content (AvgIpc) is 2.26. The Kier molecular flexibility index (Phi) is 3.36. The van der Waals surface area contributed by atoms with E-state index in [1.807, 2.05) is 6.07 Å². The summed E-state index contributed by atoms with van der Waals surface area (Å²) in [6.45, 7) is 3.05. The predicted molar refractivity (Wildman–Crippen MR) is 57.2 cm³/mol. The molecule has 0 aliphatic heterocycles. The van der Waals surface area contributed by atoms with Crippen LogP contribution in [-0.4, -0.2) is 10.7 Å². The second-order valence-corrected chi connectivity index (χ2v) is 3.26. The van der Waals surface area contributed by atoms with Crippen molar-refractivity contribution < 1.29 is 9.72 Å². The van der Waals surface area contributed by atoms with Gasteiger partial charge in [-0.15, -0.1) is 0 Å². The van der Waals surface area contributed by atoms with Gasteiger partial charge in [0.1, 0.15) is 6.07 Å². The first kappa shape index (κ1) is 11.9. The van der Waals surface area contributed by atoms with E-state index >= 15 is 0 Å². The Bertz CT molecular complexity index is 501. The smallest absolute Gasteiger partial charge is 0.273 e. The van der Waals surface area contributed by atoms with Gasteiger partial charge in [-0.25, -0.2) is 0 Å². The third kappa shape index (κ3) is 1.91. The zero-order valence-electron chi connectivity index (χ0n) is 8.98. The fourth-order valence-electron chi connectivity index (χ4n) is 1.59. The van der Waals surface area contributed by atoms with Gasteiger partial charge in [0.2, 0.25) is 0 Å². The van der Waals surface area contributed by atoms with Gasteiger partial charge in [-0.3, -0.25) is 14.9 Å². The van der Waals surface area contributed by atoms with Gasteiger partial charge in [-0.05, 0) is 19.4 Å². The predicted octanol–water partition coefficient (Wildman–Crippen LogP) is 2.23. The Morgan fingerprint density at radius 2 is 2.19 bits per heavy atom. The Balaban J connectivity index is 3.60. The van der Waals surface area contributed by atoms with Crippen molar-refractivity contribution in [1.82, 2.24) is 0 Å². The number of nitriles is 1. The van der Waals surface area contributed by atoms with Crippen molar-refractivity contribution in [3.05, 3.63) is 38.9 Å². The first-order chi connectivity index (χ1) is 7.52. The fourth-order valence-corrected chi connectivity index (χ4v) is 1.59. The molecule has 5 heteroatoms. The molecular weight excluding hydrogens is 208 g/mol. The van der Waals surface area contributed by atoms with Gasteiger partial charge in [0, 0.05) is 17.2 Å². The van der Waals surface area contributed by atoms with Gasteiger partial charge in [0.25, 0.3) is 5.69 Å². The molecule has 0 saturated carbocycles. The molecule has 0 aliphatic carbocycles. The van der Waals surface area contributed by atoms with E-state index in [2.05, 4.69) is 0 Å². The number of nitro benzene ring substituents is 1. The second-order valence-electron chi connectivity index (χ2n) is 3.26. The summed E-state index contributed by atoms with van der Waals surface area (Å²) in [4.78, 5) is 21.5. The molecule has 16 heavy (non-hydrogen) atoms. The molecule has 82 valence electrons. The molecule has 0 N–H and O–H groups in total. The topological polar surface area (TPSA) is 84.0 Å². The maximum Gasteiger partial charge on any atom is 0.273 e. The van der Waals surface area contributed by atoms with Gasteiger partial charge in [-0.2, -0.15) is 5.26 Å². The number of rotatable bonds is 3. The number of nitrogens with zero attached hydrogens (tertiary/aromatic N) is 2. The highest BCUT2D eigenvalue weighted by molar-refractivity contribution is 5.97. The van der Waals surface area contributed by atoms with E-state index in [4.69, 9.17) is 5.26 Å². The van der Waals surface area contributed by atoms with Crippen molar-refractivity contribution in [1.29, 1.82) is 5.26 Å². The van der Waals surface area contributed by atoms with Crippen molar-refractivity contribution in [2.75, 3.05) is 0 Å². The highest BCUT2D eigenvalue weighted by atomic mass is 16.6. The van der Waals surface area contributed by atoms with Crippen LogP contribution in [0.4, 0.5) is 5.69 Å². The van der Waals surface area contributed by atoms with E-state index in [9.17, 15) is 14.9 Å². The van der Waals surface area contributed by atoms with Crippen molar-refractivity contribution in [2.45, 2.75) is 20.3 Å². The highest BCUT2D eigenvalue weighted by Crippen LogP contribution is 2.25. The van der Waals surface area contributed by atoms with E-state index in [1.54, 1.807) is 6.92 Å². The van der Waals surface area contributed by atoms with Crippen molar-refractivity contribution in [3.63, 3.8) is 0 Å². The minimum atomic E-state index is -0.538. The number of Topliss-reactive ketones (excluding diaryl/α,β-unsaturated/α-hetero) is 1. The van der Waals surface area contributed by atoms with Crippen LogP contribution in [0, 0.1) is 21.4 Å². The molecule has 0 aliphatic rings. The maximum atomic E-state index is 11.3. The minimum absolute atomic E-state index is 0.107. The number of hydrogen-bond donors (Lipinski definition) is 0. The molecule has 0 amide bonds. The first-order valence-electron chi connectivity index (χ1n) is 4.74. The van der Waals surface area contributed by atoms with Gasteiger partial charge in [0.05, 0.1) is 10.5 Å². The number of benzene rings is 1. The monoisotopic (exact) mass is 218 g/mol. The van der Waals surface area contributed by atoms with Crippen LogP contribution in [0.2, 0.25) is 0 Å². The van der Waals surface area contributed by atoms with Gasteiger partial charge < -0.3 is 0 Å². The maximum absolute atomic E-state index is 11.3.